The molecule has 0 aliphatic rings. The smallest absolute Gasteiger partial charge is 0.270 e. The Hall–Kier alpha value is -3.26. The number of rotatable bonds is 8. The van der Waals surface area contributed by atoms with Crippen LogP contribution in [0, 0.1) is 17.0 Å². The van der Waals surface area contributed by atoms with Gasteiger partial charge in [-0.3, -0.25) is 14.9 Å². The molecule has 0 bridgehead atoms. The van der Waals surface area contributed by atoms with Crippen molar-refractivity contribution in [2.75, 3.05) is 12.8 Å². The number of non-ortho nitro benzene ring substituents is 1. The van der Waals surface area contributed by atoms with Gasteiger partial charge in [0.25, 0.3) is 11.6 Å². The van der Waals surface area contributed by atoms with Crippen LogP contribution in [0.2, 0.25) is 0 Å². The third kappa shape index (κ3) is 5.21. The lowest BCUT2D eigenvalue weighted by molar-refractivity contribution is -0.384. The molecule has 0 aliphatic carbocycles. The number of benzene rings is 2. The van der Waals surface area contributed by atoms with E-state index in [4.69, 9.17) is 0 Å². The maximum Gasteiger partial charge on any atom is 0.270 e. The van der Waals surface area contributed by atoms with E-state index in [-0.39, 0.29) is 11.6 Å². The minimum absolute atomic E-state index is 0.0521. The lowest BCUT2D eigenvalue weighted by Gasteiger charge is -2.13. The molecule has 0 atom stereocenters. The molecule has 1 N–H and O–H groups in total. The first-order chi connectivity index (χ1) is 14.5. The Bertz CT molecular complexity index is 1060. The van der Waals surface area contributed by atoms with E-state index in [9.17, 15) is 14.9 Å². The molecule has 0 unspecified atom stereocenters. The molecule has 0 aliphatic heterocycles. The first-order valence-electron chi connectivity index (χ1n) is 9.49. The number of aryl methyl sites for hydroxylation is 2. The molecule has 0 saturated heterocycles. The van der Waals surface area contributed by atoms with E-state index in [2.05, 4.69) is 27.4 Å². The number of nitrogens with zero attached hydrogens (tertiary/aromatic N) is 3. The highest BCUT2D eigenvalue weighted by Gasteiger charge is 2.21. The first kappa shape index (κ1) is 21.4. The van der Waals surface area contributed by atoms with Gasteiger partial charge in [-0.2, -0.15) is 0 Å². The van der Waals surface area contributed by atoms with Crippen molar-refractivity contribution in [3.63, 3.8) is 0 Å². The lowest BCUT2D eigenvalue weighted by Crippen LogP contribution is -2.27. The maximum absolute atomic E-state index is 13.0. The second-order valence-corrected chi connectivity index (χ2v) is 7.45. The molecule has 30 heavy (non-hydrogen) atoms. The van der Waals surface area contributed by atoms with Gasteiger partial charge >= 0.3 is 0 Å². The van der Waals surface area contributed by atoms with E-state index >= 15 is 0 Å². The number of amides is 1. The van der Waals surface area contributed by atoms with Crippen LogP contribution in [-0.4, -0.2) is 33.6 Å². The van der Waals surface area contributed by atoms with Crippen LogP contribution in [0.3, 0.4) is 0 Å². The summed E-state index contributed by atoms with van der Waals surface area (Å²) in [5, 5.41) is 14.6. The second kappa shape index (κ2) is 9.98. The van der Waals surface area contributed by atoms with Crippen molar-refractivity contribution in [2.45, 2.75) is 24.9 Å². The van der Waals surface area contributed by atoms with Gasteiger partial charge in [-0.15, -0.1) is 0 Å². The van der Waals surface area contributed by atoms with E-state index in [0.717, 1.165) is 12.8 Å². The molecule has 1 aromatic heterocycles. The Balaban J connectivity index is 1.83. The molecule has 3 rings (SSSR count). The largest absolute Gasteiger partial charge is 0.352 e. The predicted octanol–water partition coefficient (Wildman–Crippen LogP) is 4.44. The highest BCUT2D eigenvalue weighted by atomic mass is 32.2. The highest BCUT2D eigenvalue weighted by Crippen LogP contribution is 2.28. The van der Waals surface area contributed by atoms with Crippen LogP contribution in [0.4, 0.5) is 5.69 Å². The molecular weight excluding hydrogens is 400 g/mol. The van der Waals surface area contributed by atoms with Gasteiger partial charge < -0.3 is 5.32 Å². The summed E-state index contributed by atoms with van der Waals surface area (Å²) in [5.74, 6) is -0.283. The molecule has 1 amide bonds. The zero-order chi connectivity index (χ0) is 21.5. The number of thioether (sulfide) groups is 1. The van der Waals surface area contributed by atoms with Crippen molar-refractivity contribution in [1.82, 2.24) is 15.3 Å². The van der Waals surface area contributed by atoms with Crippen LogP contribution in [0.1, 0.15) is 28.0 Å². The van der Waals surface area contributed by atoms with Crippen LogP contribution >= 0.6 is 11.8 Å². The Morgan fingerprint density at radius 2 is 1.90 bits per heavy atom. The molecule has 7 nitrogen and oxygen atoms in total. The fourth-order valence-electron chi connectivity index (χ4n) is 3.11. The number of carbonyl (C=O) groups excluding carboxylic acids is 1. The van der Waals surface area contributed by atoms with E-state index in [1.165, 1.54) is 29.5 Å². The number of nitrogens with one attached hydrogen (secondary N) is 1. The Morgan fingerprint density at radius 3 is 2.60 bits per heavy atom. The third-order valence-electron chi connectivity index (χ3n) is 4.58. The summed E-state index contributed by atoms with van der Waals surface area (Å²) < 4.78 is 0. The van der Waals surface area contributed by atoms with Crippen LogP contribution in [-0.2, 0) is 6.42 Å². The van der Waals surface area contributed by atoms with E-state index in [1.807, 2.05) is 24.5 Å². The predicted molar refractivity (Wildman–Crippen MR) is 118 cm³/mol. The van der Waals surface area contributed by atoms with Crippen molar-refractivity contribution < 1.29 is 9.72 Å². The van der Waals surface area contributed by atoms with E-state index in [1.54, 1.807) is 19.1 Å². The Labute approximate surface area is 179 Å². The topological polar surface area (TPSA) is 98.0 Å². The van der Waals surface area contributed by atoms with Crippen molar-refractivity contribution in [1.29, 1.82) is 0 Å². The molecule has 1 heterocycles. The molecular formula is C22H22N4O3S. The molecule has 154 valence electrons. The van der Waals surface area contributed by atoms with Gasteiger partial charge in [0.1, 0.15) is 0 Å². The summed E-state index contributed by atoms with van der Waals surface area (Å²) >= 11 is 1.35. The average molecular weight is 423 g/mol. The number of carbonyl (C=O) groups is 1. The van der Waals surface area contributed by atoms with Gasteiger partial charge in [0, 0.05) is 24.2 Å². The molecule has 0 radical (unpaired) electrons. The van der Waals surface area contributed by atoms with Gasteiger partial charge in [0.2, 0.25) is 0 Å². The first-order valence-corrected chi connectivity index (χ1v) is 10.7. The van der Waals surface area contributed by atoms with Gasteiger partial charge in [0.05, 0.1) is 21.9 Å². The molecule has 8 heteroatoms. The van der Waals surface area contributed by atoms with Crippen molar-refractivity contribution in [3.05, 3.63) is 81.5 Å². The summed E-state index contributed by atoms with van der Waals surface area (Å²) in [4.78, 5) is 32.5. The summed E-state index contributed by atoms with van der Waals surface area (Å²) in [6.07, 6.45) is 3.50. The minimum atomic E-state index is -0.462. The van der Waals surface area contributed by atoms with Crippen molar-refractivity contribution in [2.24, 2.45) is 0 Å². The van der Waals surface area contributed by atoms with Gasteiger partial charge in [-0.1, -0.05) is 54.2 Å². The summed E-state index contributed by atoms with van der Waals surface area (Å²) in [6, 6.07) is 16.2. The normalized spacial score (nSPS) is 10.6. The van der Waals surface area contributed by atoms with Crippen LogP contribution in [0.5, 0.6) is 0 Å². The number of hydrogen-bond donors (Lipinski definition) is 1. The number of hydrogen-bond acceptors (Lipinski definition) is 6. The summed E-state index contributed by atoms with van der Waals surface area (Å²) in [6.45, 7) is 2.26. The highest BCUT2D eigenvalue weighted by molar-refractivity contribution is 7.98. The van der Waals surface area contributed by atoms with Gasteiger partial charge in [-0.25, -0.2) is 9.97 Å². The quantitative estimate of drug-likeness (QED) is 0.189. The van der Waals surface area contributed by atoms with Gasteiger partial charge in [0.15, 0.2) is 5.16 Å². The second-order valence-electron chi connectivity index (χ2n) is 6.67. The number of nitro groups is 1. The minimum Gasteiger partial charge on any atom is -0.352 e. The number of aromatic nitrogens is 2. The Kier molecular flexibility index (Phi) is 7.13. The molecule has 0 spiro atoms. The zero-order valence-electron chi connectivity index (χ0n) is 16.8. The monoisotopic (exact) mass is 422 g/mol. The van der Waals surface area contributed by atoms with Crippen molar-refractivity contribution >= 4 is 23.4 Å². The zero-order valence-corrected chi connectivity index (χ0v) is 17.6. The molecule has 2 aromatic carbocycles. The third-order valence-corrected chi connectivity index (χ3v) is 5.13. The Morgan fingerprint density at radius 1 is 1.13 bits per heavy atom. The van der Waals surface area contributed by atoms with Crippen LogP contribution < -0.4 is 5.32 Å². The van der Waals surface area contributed by atoms with Crippen LogP contribution in [0.15, 0.2) is 59.8 Å². The maximum atomic E-state index is 13.0. The standard InChI is InChI=1S/C22H22N4O3S/c1-15-19(21(27)23-13-7-10-16-8-4-3-5-9-16)20(25-22(24-15)30-2)17-11-6-12-18(14-17)26(28)29/h3-6,8-9,11-12,14H,7,10,13H2,1-2H3,(H,23,27). The van der Waals surface area contributed by atoms with Gasteiger partial charge in [-0.05, 0) is 31.6 Å². The molecule has 0 saturated carbocycles. The van der Waals surface area contributed by atoms with Crippen molar-refractivity contribution in [3.8, 4) is 11.3 Å². The fourth-order valence-corrected chi connectivity index (χ4v) is 3.52. The number of nitro benzene ring substituents is 1. The van der Waals surface area contributed by atoms with Crippen LogP contribution in [0.25, 0.3) is 11.3 Å². The van der Waals surface area contributed by atoms with E-state index in [0.29, 0.717) is 34.2 Å². The lowest BCUT2D eigenvalue weighted by atomic mass is 10.0. The summed E-state index contributed by atoms with van der Waals surface area (Å²) in [5.41, 5.74) is 2.96. The summed E-state index contributed by atoms with van der Waals surface area (Å²) in [7, 11) is 0. The van der Waals surface area contributed by atoms with E-state index < -0.39 is 4.92 Å². The average Bonchev–Trinajstić information content (AvgIpc) is 2.76. The molecule has 3 aromatic rings. The fraction of sp³-hybridized carbons (Fsp3) is 0.227. The molecule has 0 fully saturated rings. The SMILES string of the molecule is CSc1nc(C)c(C(=O)NCCCc2ccccc2)c(-c2cccc([N+](=O)[O-])c2)n1.